The molecular formula is C5H7Cl3O3. The second-order valence-electron chi connectivity index (χ2n) is 1.95. The molecule has 11 heavy (non-hydrogen) atoms. The number of hydrogen-bond donors (Lipinski definition) is 0. The summed E-state index contributed by atoms with van der Waals surface area (Å²) in [6.45, 7) is 0.726. The third kappa shape index (κ3) is 1.74. The van der Waals surface area contributed by atoms with Crippen molar-refractivity contribution >= 4 is 34.8 Å². The molecule has 0 amide bonds. The highest BCUT2D eigenvalue weighted by molar-refractivity contribution is 6.68. The molecule has 1 saturated heterocycles. The summed E-state index contributed by atoms with van der Waals surface area (Å²) < 4.78 is 13.1. The van der Waals surface area contributed by atoms with Crippen molar-refractivity contribution in [2.75, 3.05) is 20.3 Å². The minimum atomic E-state index is -1.72. The maximum atomic E-state index is 5.55. The van der Waals surface area contributed by atoms with Crippen LogP contribution in [-0.4, -0.2) is 30.1 Å². The van der Waals surface area contributed by atoms with Crippen LogP contribution in [0.1, 0.15) is 0 Å². The number of rotatable bonds is 1. The molecule has 1 rings (SSSR count). The fourth-order valence-electron chi connectivity index (χ4n) is 0.791. The third-order valence-electron chi connectivity index (χ3n) is 1.28. The van der Waals surface area contributed by atoms with Crippen molar-refractivity contribution in [2.24, 2.45) is 0 Å². The fourth-order valence-corrected chi connectivity index (χ4v) is 1.35. The summed E-state index contributed by atoms with van der Waals surface area (Å²) in [4.78, 5) is 0. The van der Waals surface area contributed by atoms with Crippen molar-refractivity contribution in [3.8, 4) is 0 Å². The lowest BCUT2D eigenvalue weighted by Gasteiger charge is -2.30. The zero-order valence-electron chi connectivity index (χ0n) is 5.77. The molecule has 0 aromatic heterocycles. The molecule has 0 spiro atoms. The van der Waals surface area contributed by atoms with Gasteiger partial charge in [0.1, 0.15) is 0 Å². The Morgan fingerprint density at radius 3 is 1.91 bits per heavy atom. The van der Waals surface area contributed by atoms with Crippen molar-refractivity contribution in [3.63, 3.8) is 0 Å². The van der Waals surface area contributed by atoms with Gasteiger partial charge in [-0.3, -0.25) is 0 Å². The molecule has 1 heterocycles. The zero-order valence-corrected chi connectivity index (χ0v) is 8.04. The Morgan fingerprint density at radius 2 is 1.73 bits per heavy atom. The van der Waals surface area contributed by atoms with Gasteiger partial charge in [-0.1, -0.05) is 34.8 Å². The van der Waals surface area contributed by atoms with Gasteiger partial charge in [-0.25, -0.2) is 0 Å². The Kier molecular flexibility index (Phi) is 2.90. The summed E-state index contributed by atoms with van der Waals surface area (Å²) in [5, 5.41) is 0. The van der Waals surface area contributed by atoms with E-state index in [1.807, 2.05) is 0 Å². The van der Waals surface area contributed by atoms with Crippen LogP contribution in [0.4, 0.5) is 0 Å². The van der Waals surface area contributed by atoms with Gasteiger partial charge in [-0.05, 0) is 0 Å². The molecule has 1 aliphatic heterocycles. The number of alkyl halides is 3. The second kappa shape index (κ2) is 3.24. The Bertz CT molecular complexity index is 138. The van der Waals surface area contributed by atoms with E-state index in [-0.39, 0.29) is 0 Å². The number of halogens is 3. The lowest BCUT2D eigenvalue weighted by Crippen LogP contribution is -2.45. The van der Waals surface area contributed by atoms with E-state index >= 15 is 0 Å². The normalized spacial score (nSPS) is 24.0. The predicted octanol–water partition coefficient (Wildman–Crippen LogP) is 1.70. The first kappa shape index (κ1) is 9.84. The Balaban J connectivity index is 2.75. The molecule has 6 heteroatoms. The second-order valence-corrected chi connectivity index (χ2v) is 4.24. The number of ether oxygens (including phenoxy) is 3. The molecule has 0 bridgehead atoms. The van der Waals surface area contributed by atoms with Crippen LogP contribution in [0.5, 0.6) is 0 Å². The Hall–Kier alpha value is 0.750. The largest absolute Gasteiger partial charge is 0.332 e. The van der Waals surface area contributed by atoms with E-state index < -0.39 is 9.77 Å². The summed E-state index contributed by atoms with van der Waals surface area (Å²) >= 11 is 16.7. The minimum Gasteiger partial charge on any atom is -0.327 e. The van der Waals surface area contributed by atoms with Gasteiger partial charge in [0.25, 0.3) is 3.79 Å². The lowest BCUT2D eigenvalue weighted by molar-refractivity contribution is -0.316. The Labute approximate surface area is 79.4 Å². The molecule has 0 radical (unpaired) electrons. The average molecular weight is 221 g/mol. The standard InChI is InChI=1S/C5H7Cl3O3/c1-9-5(4(6,7)8)10-2-3-11-5/h2-3H2,1H3. The van der Waals surface area contributed by atoms with E-state index in [4.69, 9.17) is 49.0 Å². The van der Waals surface area contributed by atoms with Crippen LogP contribution in [0.25, 0.3) is 0 Å². The summed E-state index contributed by atoms with van der Waals surface area (Å²) in [6.07, 6.45) is 0. The van der Waals surface area contributed by atoms with Crippen LogP contribution in [0.3, 0.4) is 0 Å². The van der Waals surface area contributed by atoms with Crippen molar-refractivity contribution in [1.82, 2.24) is 0 Å². The first-order chi connectivity index (χ1) is 5.02. The number of methoxy groups -OCH3 is 1. The maximum absolute atomic E-state index is 5.55. The molecule has 0 aromatic rings. The highest BCUT2D eigenvalue weighted by Gasteiger charge is 2.55. The van der Waals surface area contributed by atoms with Gasteiger partial charge in [0.2, 0.25) is 0 Å². The zero-order chi connectivity index (χ0) is 8.54. The van der Waals surface area contributed by atoms with Crippen LogP contribution in [-0.2, 0) is 14.2 Å². The van der Waals surface area contributed by atoms with E-state index in [1.54, 1.807) is 0 Å². The highest BCUT2D eigenvalue weighted by atomic mass is 35.6. The van der Waals surface area contributed by atoms with Crippen molar-refractivity contribution in [1.29, 1.82) is 0 Å². The SMILES string of the molecule is COC1(C(Cl)(Cl)Cl)OCCO1. The highest BCUT2D eigenvalue weighted by Crippen LogP contribution is 2.43. The lowest BCUT2D eigenvalue weighted by atomic mass is 10.6. The molecule has 0 saturated carbocycles. The van der Waals surface area contributed by atoms with E-state index in [0.717, 1.165) is 0 Å². The van der Waals surface area contributed by atoms with Crippen LogP contribution in [0.15, 0.2) is 0 Å². The van der Waals surface area contributed by atoms with E-state index in [9.17, 15) is 0 Å². The van der Waals surface area contributed by atoms with Crippen LogP contribution in [0, 0.1) is 0 Å². The molecule has 1 aliphatic rings. The summed E-state index contributed by atoms with van der Waals surface area (Å²) in [6, 6.07) is 0. The molecule has 3 nitrogen and oxygen atoms in total. The first-order valence-corrected chi connectivity index (χ1v) is 4.05. The van der Waals surface area contributed by atoms with Crippen molar-refractivity contribution in [3.05, 3.63) is 0 Å². The van der Waals surface area contributed by atoms with Gasteiger partial charge < -0.3 is 14.2 Å². The van der Waals surface area contributed by atoms with Crippen molar-refractivity contribution < 1.29 is 14.2 Å². The molecule has 0 unspecified atom stereocenters. The molecule has 66 valence electrons. The minimum absolute atomic E-state index is 0.363. The van der Waals surface area contributed by atoms with Gasteiger partial charge in [0.05, 0.1) is 13.2 Å². The van der Waals surface area contributed by atoms with Crippen LogP contribution < -0.4 is 0 Å². The quantitative estimate of drug-likeness (QED) is 0.631. The van der Waals surface area contributed by atoms with Gasteiger partial charge in [0.15, 0.2) is 0 Å². The predicted molar refractivity (Wildman–Crippen MR) is 41.9 cm³/mol. The van der Waals surface area contributed by atoms with E-state index in [0.29, 0.717) is 13.2 Å². The summed E-state index contributed by atoms with van der Waals surface area (Å²) in [5.74, 6) is -1.53. The fraction of sp³-hybridized carbons (Fsp3) is 1.00. The average Bonchev–Trinajstić information content (AvgIpc) is 2.33. The van der Waals surface area contributed by atoms with Crippen LogP contribution >= 0.6 is 34.8 Å². The van der Waals surface area contributed by atoms with Gasteiger partial charge >= 0.3 is 5.97 Å². The summed E-state index contributed by atoms with van der Waals surface area (Å²) in [7, 11) is 1.35. The Morgan fingerprint density at radius 1 is 1.27 bits per heavy atom. The first-order valence-electron chi connectivity index (χ1n) is 2.91. The van der Waals surface area contributed by atoms with Gasteiger partial charge in [-0.15, -0.1) is 0 Å². The molecular weight excluding hydrogens is 214 g/mol. The van der Waals surface area contributed by atoms with Gasteiger partial charge in [0, 0.05) is 7.11 Å². The van der Waals surface area contributed by atoms with E-state index in [2.05, 4.69) is 0 Å². The molecule has 0 N–H and O–H groups in total. The third-order valence-corrected chi connectivity index (χ3v) is 1.98. The van der Waals surface area contributed by atoms with Crippen molar-refractivity contribution in [2.45, 2.75) is 9.77 Å². The smallest absolute Gasteiger partial charge is 0.327 e. The van der Waals surface area contributed by atoms with Crippen LogP contribution in [0.2, 0.25) is 0 Å². The van der Waals surface area contributed by atoms with Gasteiger partial charge in [-0.2, -0.15) is 0 Å². The topological polar surface area (TPSA) is 27.7 Å². The molecule has 0 atom stereocenters. The maximum Gasteiger partial charge on any atom is 0.332 e. The molecule has 0 aromatic carbocycles. The monoisotopic (exact) mass is 220 g/mol. The summed E-state index contributed by atoms with van der Waals surface area (Å²) in [5.41, 5.74) is 0. The van der Waals surface area contributed by atoms with E-state index in [1.165, 1.54) is 7.11 Å². The molecule has 0 aliphatic carbocycles. The number of hydrogen-bond acceptors (Lipinski definition) is 3. The molecule has 1 fully saturated rings.